The molecule has 0 atom stereocenters. The number of fused-ring (bicyclic) bond motifs is 8. The van der Waals surface area contributed by atoms with Crippen LogP contribution in [-0.4, -0.2) is 62.8 Å². The van der Waals surface area contributed by atoms with E-state index in [2.05, 4.69) is 9.97 Å². The summed E-state index contributed by atoms with van der Waals surface area (Å²) in [6.07, 6.45) is 0. The van der Waals surface area contributed by atoms with E-state index in [0.29, 0.717) is 131 Å². The van der Waals surface area contributed by atoms with Crippen molar-refractivity contribution in [2.45, 2.75) is 32.3 Å². The molecule has 13 heteroatoms. The summed E-state index contributed by atoms with van der Waals surface area (Å²) in [5.74, 6) is 6.04. The van der Waals surface area contributed by atoms with Gasteiger partial charge in [-0.15, -0.1) is 11.6 Å². The number of hydrogen-bond donors (Lipinski definition) is 0. The van der Waals surface area contributed by atoms with E-state index in [4.69, 9.17) is 59.0 Å². The molecule has 4 heterocycles. The van der Waals surface area contributed by atoms with Crippen LogP contribution in [0.5, 0.6) is 46.0 Å². The van der Waals surface area contributed by atoms with Gasteiger partial charge in [0.05, 0.1) is 49.2 Å². The Morgan fingerprint density at radius 2 is 0.545 bits per heavy atom. The maximum atomic E-state index is 5.94. The molecule has 66 heavy (non-hydrogen) atoms. The molecule has 0 fully saturated rings. The summed E-state index contributed by atoms with van der Waals surface area (Å²) in [5.41, 5.74) is 4.43. The molecule has 0 amide bonds. The Bertz CT molecular complexity index is 2200. The average molecular weight is 913 g/mol. The van der Waals surface area contributed by atoms with Crippen LogP contribution in [-0.2, 0) is 41.8 Å². The zero-order valence-electron chi connectivity index (χ0n) is 36.6. The minimum absolute atomic E-state index is 0.338. The van der Waals surface area contributed by atoms with Crippen molar-refractivity contribution in [3.63, 3.8) is 0 Å². The van der Waals surface area contributed by atoms with Crippen LogP contribution in [0.2, 0.25) is 0 Å². The van der Waals surface area contributed by atoms with Gasteiger partial charge in [0, 0.05) is 5.88 Å². The van der Waals surface area contributed by atoms with E-state index in [0.717, 1.165) is 22.8 Å². The second-order valence-corrected chi connectivity index (χ2v) is 14.7. The summed E-state index contributed by atoms with van der Waals surface area (Å²) in [5, 5.41) is 0. The number of alkyl halides is 1. The molecule has 5 aromatic carbocycles. The summed E-state index contributed by atoms with van der Waals surface area (Å²) in [6.45, 7) is 4.88. The van der Waals surface area contributed by atoms with Gasteiger partial charge in [-0.1, -0.05) is 91.0 Å². The zero-order valence-corrected chi connectivity index (χ0v) is 37.4. The van der Waals surface area contributed by atoms with Crippen molar-refractivity contribution in [2.24, 2.45) is 0 Å². The smallest absolute Gasteiger partial charge is 0.161 e. The van der Waals surface area contributed by atoms with Gasteiger partial charge in [-0.2, -0.15) is 0 Å². The average Bonchev–Trinajstić information content (AvgIpc) is 3.37. The Hall–Kier alpha value is -6.99. The Morgan fingerprint density at radius 1 is 0.288 bits per heavy atom. The maximum absolute atomic E-state index is 5.94. The first-order chi connectivity index (χ1) is 32.7. The van der Waals surface area contributed by atoms with Crippen LogP contribution in [0.3, 0.4) is 0 Å². The number of halogens is 1. The molecule has 2 aliphatic rings. The highest BCUT2D eigenvalue weighted by Gasteiger charge is 2.11. The monoisotopic (exact) mass is 912 g/mol. The van der Waals surface area contributed by atoms with E-state index in [9.17, 15) is 0 Å². The van der Waals surface area contributed by atoms with Crippen LogP contribution in [0.1, 0.15) is 28.3 Å². The molecule has 0 spiro atoms. The predicted molar refractivity (Wildman–Crippen MR) is 251 cm³/mol. The fourth-order valence-electron chi connectivity index (χ4n) is 6.35. The van der Waals surface area contributed by atoms with Gasteiger partial charge in [-0.05, 0) is 78.4 Å². The molecule has 342 valence electrons. The van der Waals surface area contributed by atoms with Gasteiger partial charge >= 0.3 is 0 Å². The molecule has 12 nitrogen and oxygen atoms in total. The molecule has 9 rings (SSSR count). The maximum Gasteiger partial charge on any atom is 0.161 e. The number of pyridine rings is 2. The van der Waals surface area contributed by atoms with Crippen LogP contribution < -0.4 is 37.9 Å². The lowest BCUT2D eigenvalue weighted by Gasteiger charge is -2.15. The van der Waals surface area contributed by atoms with Crippen molar-refractivity contribution in [2.75, 3.05) is 52.9 Å². The largest absolute Gasteiger partial charge is 0.487 e. The molecule has 0 saturated carbocycles. The van der Waals surface area contributed by atoms with Crippen LogP contribution in [0.25, 0.3) is 0 Å². The van der Waals surface area contributed by atoms with E-state index in [1.165, 1.54) is 5.56 Å². The number of hydrogen-bond acceptors (Lipinski definition) is 12. The lowest BCUT2D eigenvalue weighted by atomic mass is 10.2. The third-order valence-electron chi connectivity index (χ3n) is 9.57. The molecule has 0 saturated heterocycles. The second kappa shape index (κ2) is 26.7. The molecule has 0 aliphatic carbocycles. The van der Waals surface area contributed by atoms with Gasteiger partial charge in [-0.3, -0.25) is 9.97 Å². The highest BCUT2D eigenvalue weighted by Crippen LogP contribution is 2.30. The van der Waals surface area contributed by atoms with E-state index in [-0.39, 0.29) is 0 Å². The van der Waals surface area contributed by atoms with E-state index < -0.39 is 0 Å². The number of aromatic nitrogens is 2. The fraction of sp³-hybridized carbons (Fsp3) is 0.245. The van der Waals surface area contributed by atoms with Gasteiger partial charge in [0.25, 0.3) is 0 Å². The van der Waals surface area contributed by atoms with Crippen molar-refractivity contribution in [1.29, 1.82) is 0 Å². The Kier molecular flexibility index (Phi) is 19.0. The first kappa shape index (κ1) is 47.0. The Morgan fingerprint density at radius 3 is 0.803 bits per heavy atom. The molecule has 0 N–H and O–H groups in total. The van der Waals surface area contributed by atoms with Crippen LogP contribution in [0.15, 0.2) is 164 Å². The highest BCUT2D eigenvalue weighted by molar-refractivity contribution is 6.17. The third kappa shape index (κ3) is 15.6. The van der Waals surface area contributed by atoms with E-state index >= 15 is 0 Å². The second-order valence-electron chi connectivity index (χ2n) is 14.4. The summed E-state index contributed by atoms with van der Waals surface area (Å²) >= 11 is 5.53. The van der Waals surface area contributed by atoms with Crippen molar-refractivity contribution < 1.29 is 47.4 Å². The topological polar surface area (TPSA) is 118 Å². The van der Waals surface area contributed by atoms with Crippen LogP contribution in [0, 0.1) is 0 Å². The van der Waals surface area contributed by atoms with E-state index in [1.54, 1.807) is 0 Å². The number of para-hydroxylation sites is 8. The Labute approximate surface area is 390 Å². The first-order valence-corrected chi connectivity index (χ1v) is 22.3. The van der Waals surface area contributed by atoms with Gasteiger partial charge < -0.3 is 47.4 Å². The normalized spacial score (nSPS) is 14.3. The molecular formula is C53H53ClN2O10. The van der Waals surface area contributed by atoms with Gasteiger partial charge in [0.15, 0.2) is 46.0 Å². The van der Waals surface area contributed by atoms with E-state index in [1.807, 2.05) is 164 Å². The lowest BCUT2D eigenvalue weighted by Crippen LogP contribution is -2.13. The molecular weight excluding hydrogens is 860 g/mol. The lowest BCUT2D eigenvalue weighted by molar-refractivity contribution is 0.0743. The third-order valence-corrected chi connectivity index (χ3v) is 9.87. The Balaban J connectivity index is 0.000000168. The standard InChI is InChI=1S/2C23H23NO5.C7H7Cl/c2*1-3-10-22-20(8-1)26-14-12-25-13-15-27-21-9-2-4-11-23(21)29-17-19-7-5-6-18(24-19)16-28-22;8-6-7-4-2-1-3-5-7/h2*1-11H,12-17H2;1-5H,6H2. The summed E-state index contributed by atoms with van der Waals surface area (Å²) < 4.78 is 58.2. The molecule has 0 radical (unpaired) electrons. The molecule has 7 aromatic rings. The molecule has 2 aliphatic heterocycles. The zero-order chi connectivity index (χ0) is 45.3. The minimum atomic E-state index is 0.338. The summed E-state index contributed by atoms with van der Waals surface area (Å²) in [6, 6.07) is 51.9. The van der Waals surface area contributed by atoms with Crippen molar-refractivity contribution in [3.05, 3.63) is 192 Å². The number of nitrogens with zero attached hydrogens (tertiary/aromatic N) is 2. The van der Waals surface area contributed by atoms with Gasteiger partial charge in [0.2, 0.25) is 0 Å². The molecule has 2 aromatic heterocycles. The summed E-state index contributed by atoms with van der Waals surface area (Å²) in [4.78, 5) is 9.26. The summed E-state index contributed by atoms with van der Waals surface area (Å²) in [7, 11) is 0. The SMILES string of the molecule is ClCc1ccccc1.c1cc2nc(c1)COc1ccccc1OCCOCCOc1ccccc1OC2.c1cc2nc(c1)COc1ccccc1OCCOCCOc1ccccc1OC2. The number of ether oxygens (including phenoxy) is 10. The van der Waals surface area contributed by atoms with Gasteiger partial charge in [0.1, 0.15) is 52.9 Å². The quantitative estimate of drug-likeness (QED) is 0.146. The molecule has 0 unspecified atom stereocenters. The van der Waals surface area contributed by atoms with Crippen molar-refractivity contribution in [3.8, 4) is 46.0 Å². The first-order valence-electron chi connectivity index (χ1n) is 21.7. The van der Waals surface area contributed by atoms with Gasteiger partial charge in [-0.25, -0.2) is 0 Å². The molecule has 4 bridgehead atoms. The van der Waals surface area contributed by atoms with Crippen molar-refractivity contribution in [1.82, 2.24) is 9.97 Å². The van der Waals surface area contributed by atoms with Crippen LogP contribution >= 0.6 is 11.6 Å². The van der Waals surface area contributed by atoms with Crippen LogP contribution in [0.4, 0.5) is 0 Å². The number of benzene rings is 5. The fourth-order valence-corrected chi connectivity index (χ4v) is 6.53. The highest BCUT2D eigenvalue weighted by atomic mass is 35.5. The predicted octanol–water partition coefficient (Wildman–Crippen LogP) is 10.5. The minimum Gasteiger partial charge on any atom is -0.487 e. The van der Waals surface area contributed by atoms with Crippen molar-refractivity contribution >= 4 is 11.6 Å². The number of rotatable bonds is 1.